The number of hydrazine groups is 1. The fourth-order valence-corrected chi connectivity index (χ4v) is 2.07. The highest BCUT2D eigenvalue weighted by Crippen LogP contribution is 2.09. The van der Waals surface area contributed by atoms with Crippen molar-refractivity contribution in [3.63, 3.8) is 0 Å². The van der Waals surface area contributed by atoms with Crippen LogP contribution >= 0.6 is 0 Å². The van der Waals surface area contributed by atoms with E-state index in [9.17, 15) is 0 Å². The van der Waals surface area contributed by atoms with E-state index in [1.54, 1.807) is 0 Å². The Hall–Kier alpha value is -1.40. The highest BCUT2D eigenvalue weighted by atomic mass is 15.3. The number of hydrogen-bond acceptors (Lipinski definition) is 6. The predicted octanol–water partition coefficient (Wildman–Crippen LogP) is 0.578. The summed E-state index contributed by atoms with van der Waals surface area (Å²) >= 11 is 0. The summed E-state index contributed by atoms with van der Waals surface area (Å²) in [7, 11) is 0. The van der Waals surface area contributed by atoms with Gasteiger partial charge in [-0.3, -0.25) is 5.43 Å². The first-order valence-corrected chi connectivity index (χ1v) is 6.06. The van der Waals surface area contributed by atoms with Crippen molar-refractivity contribution in [3.05, 3.63) is 11.8 Å². The Morgan fingerprint density at radius 1 is 1.35 bits per heavy atom. The van der Waals surface area contributed by atoms with Crippen molar-refractivity contribution in [2.24, 2.45) is 5.84 Å². The Kier molecular flexibility index (Phi) is 4.11. The van der Waals surface area contributed by atoms with Gasteiger partial charge in [0.25, 0.3) is 0 Å². The summed E-state index contributed by atoms with van der Waals surface area (Å²) < 4.78 is 0. The lowest BCUT2D eigenvalue weighted by molar-refractivity contribution is 0.352. The van der Waals surface area contributed by atoms with E-state index in [1.807, 2.05) is 13.0 Å². The number of nitrogens with two attached hydrogens (primary N) is 1. The van der Waals surface area contributed by atoms with Gasteiger partial charge in [0, 0.05) is 24.8 Å². The number of nitrogens with zero attached hydrogens (tertiary/aromatic N) is 3. The Balaban J connectivity index is 1.83. The van der Waals surface area contributed by atoms with Gasteiger partial charge in [-0.25, -0.2) is 10.8 Å². The molecule has 0 amide bonds. The van der Waals surface area contributed by atoms with E-state index in [0.29, 0.717) is 5.95 Å². The highest BCUT2D eigenvalue weighted by molar-refractivity contribution is 5.41. The Labute approximate surface area is 102 Å². The number of hydrogen-bond donors (Lipinski definition) is 3. The highest BCUT2D eigenvalue weighted by Gasteiger charge is 2.10. The van der Waals surface area contributed by atoms with Gasteiger partial charge in [-0.1, -0.05) is 0 Å². The smallest absolute Gasteiger partial charge is 0.239 e. The fraction of sp³-hybridized carbons (Fsp3) is 0.636. The van der Waals surface area contributed by atoms with Gasteiger partial charge in [0.2, 0.25) is 5.95 Å². The molecule has 0 aromatic carbocycles. The zero-order valence-electron chi connectivity index (χ0n) is 10.2. The van der Waals surface area contributed by atoms with Crippen molar-refractivity contribution >= 4 is 11.8 Å². The average Bonchev–Trinajstić information content (AvgIpc) is 2.81. The van der Waals surface area contributed by atoms with Crippen LogP contribution in [0.1, 0.15) is 18.5 Å². The summed E-state index contributed by atoms with van der Waals surface area (Å²) in [5, 5.41) is 3.30. The monoisotopic (exact) mass is 236 g/mol. The molecule has 4 N–H and O–H groups in total. The molecule has 17 heavy (non-hydrogen) atoms. The SMILES string of the molecule is Cc1cc(NCCN2CCCC2)nc(NN)n1. The van der Waals surface area contributed by atoms with E-state index in [2.05, 4.69) is 25.6 Å². The number of nitrogens with one attached hydrogen (secondary N) is 2. The lowest BCUT2D eigenvalue weighted by atomic mass is 10.4. The minimum atomic E-state index is 0.452. The molecular weight excluding hydrogens is 216 g/mol. The van der Waals surface area contributed by atoms with Gasteiger partial charge in [0.1, 0.15) is 5.82 Å². The fourth-order valence-electron chi connectivity index (χ4n) is 2.07. The van der Waals surface area contributed by atoms with Gasteiger partial charge >= 0.3 is 0 Å². The molecule has 0 bridgehead atoms. The molecule has 0 radical (unpaired) electrons. The molecule has 0 spiro atoms. The maximum Gasteiger partial charge on any atom is 0.239 e. The summed E-state index contributed by atoms with van der Waals surface area (Å²) in [6.45, 7) is 6.34. The number of aromatic nitrogens is 2. The number of aryl methyl sites for hydroxylation is 1. The van der Waals surface area contributed by atoms with Crippen LogP contribution in [0.15, 0.2) is 6.07 Å². The first-order valence-electron chi connectivity index (χ1n) is 6.06. The molecule has 2 heterocycles. The molecular formula is C11H20N6. The molecule has 1 aliphatic heterocycles. The number of anilines is 2. The third-order valence-electron chi connectivity index (χ3n) is 2.92. The van der Waals surface area contributed by atoms with Crippen molar-refractivity contribution in [2.75, 3.05) is 36.9 Å². The van der Waals surface area contributed by atoms with Crippen LogP contribution in [-0.4, -0.2) is 41.0 Å². The topological polar surface area (TPSA) is 79.1 Å². The first kappa shape index (κ1) is 12.1. The quantitative estimate of drug-likeness (QED) is 0.512. The van der Waals surface area contributed by atoms with Crippen molar-refractivity contribution in [3.8, 4) is 0 Å². The lowest BCUT2D eigenvalue weighted by Crippen LogP contribution is -2.26. The zero-order valence-corrected chi connectivity index (χ0v) is 10.2. The van der Waals surface area contributed by atoms with E-state index in [-0.39, 0.29) is 0 Å². The molecule has 6 nitrogen and oxygen atoms in total. The number of nitrogen functional groups attached to an aromatic ring is 1. The molecule has 94 valence electrons. The summed E-state index contributed by atoms with van der Waals surface area (Å²) in [4.78, 5) is 10.8. The van der Waals surface area contributed by atoms with Crippen LogP contribution in [0.3, 0.4) is 0 Å². The van der Waals surface area contributed by atoms with Crippen molar-refractivity contribution in [2.45, 2.75) is 19.8 Å². The van der Waals surface area contributed by atoms with Crippen LogP contribution in [-0.2, 0) is 0 Å². The van der Waals surface area contributed by atoms with Crippen LogP contribution in [0.4, 0.5) is 11.8 Å². The second-order valence-corrected chi connectivity index (χ2v) is 4.34. The standard InChI is InChI=1S/C11H20N6/c1-9-8-10(15-11(14-9)16-12)13-4-7-17-5-2-3-6-17/h8H,2-7,12H2,1H3,(H2,13,14,15,16). The molecule has 1 saturated heterocycles. The lowest BCUT2D eigenvalue weighted by Gasteiger charge is -2.15. The third-order valence-corrected chi connectivity index (χ3v) is 2.92. The van der Waals surface area contributed by atoms with Crippen LogP contribution < -0.4 is 16.6 Å². The second-order valence-electron chi connectivity index (χ2n) is 4.34. The maximum atomic E-state index is 5.30. The molecule has 2 rings (SSSR count). The molecule has 1 fully saturated rings. The van der Waals surface area contributed by atoms with Gasteiger partial charge < -0.3 is 10.2 Å². The minimum absolute atomic E-state index is 0.452. The minimum Gasteiger partial charge on any atom is -0.369 e. The normalized spacial score (nSPS) is 16.1. The van der Waals surface area contributed by atoms with Gasteiger partial charge in [-0.05, 0) is 32.9 Å². The van der Waals surface area contributed by atoms with Gasteiger partial charge in [-0.15, -0.1) is 0 Å². The van der Waals surface area contributed by atoms with E-state index in [4.69, 9.17) is 5.84 Å². The Morgan fingerprint density at radius 3 is 2.82 bits per heavy atom. The second kappa shape index (κ2) is 5.79. The summed E-state index contributed by atoms with van der Waals surface area (Å²) in [5.41, 5.74) is 3.37. The van der Waals surface area contributed by atoms with E-state index in [1.165, 1.54) is 25.9 Å². The Morgan fingerprint density at radius 2 is 2.12 bits per heavy atom. The number of likely N-dealkylation sites (tertiary alicyclic amines) is 1. The Bertz CT molecular complexity index is 361. The zero-order chi connectivity index (χ0) is 12.1. The largest absolute Gasteiger partial charge is 0.369 e. The van der Waals surface area contributed by atoms with Crippen molar-refractivity contribution < 1.29 is 0 Å². The van der Waals surface area contributed by atoms with Crippen LogP contribution in [0.5, 0.6) is 0 Å². The van der Waals surface area contributed by atoms with Gasteiger partial charge in [0.05, 0.1) is 0 Å². The average molecular weight is 236 g/mol. The van der Waals surface area contributed by atoms with E-state index < -0.39 is 0 Å². The van der Waals surface area contributed by atoms with Gasteiger partial charge in [0.15, 0.2) is 0 Å². The van der Waals surface area contributed by atoms with Crippen LogP contribution in [0.2, 0.25) is 0 Å². The van der Waals surface area contributed by atoms with E-state index in [0.717, 1.165) is 24.6 Å². The summed E-state index contributed by atoms with van der Waals surface area (Å²) in [6, 6.07) is 1.92. The predicted molar refractivity (Wildman–Crippen MR) is 68.7 cm³/mol. The molecule has 0 atom stereocenters. The molecule has 1 aliphatic rings. The molecule has 0 unspecified atom stereocenters. The molecule has 1 aromatic heterocycles. The molecule has 1 aromatic rings. The van der Waals surface area contributed by atoms with Gasteiger partial charge in [-0.2, -0.15) is 4.98 Å². The number of rotatable bonds is 5. The summed E-state index contributed by atoms with van der Waals surface area (Å²) in [5.74, 6) is 6.58. The van der Waals surface area contributed by atoms with Crippen molar-refractivity contribution in [1.82, 2.24) is 14.9 Å². The molecule has 6 heteroatoms. The maximum absolute atomic E-state index is 5.30. The van der Waals surface area contributed by atoms with Crippen LogP contribution in [0.25, 0.3) is 0 Å². The van der Waals surface area contributed by atoms with E-state index >= 15 is 0 Å². The van der Waals surface area contributed by atoms with Crippen molar-refractivity contribution in [1.29, 1.82) is 0 Å². The van der Waals surface area contributed by atoms with Crippen LogP contribution in [0, 0.1) is 6.92 Å². The molecule has 0 saturated carbocycles. The molecule has 0 aliphatic carbocycles. The summed E-state index contributed by atoms with van der Waals surface area (Å²) in [6.07, 6.45) is 2.65. The third kappa shape index (κ3) is 3.54. The first-order chi connectivity index (χ1) is 8.28.